The zero-order valence-electron chi connectivity index (χ0n) is 16.1. The van der Waals surface area contributed by atoms with E-state index in [0.29, 0.717) is 11.8 Å². The summed E-state index contributed by atoms with van der Waals surface area (Å²) in [6.45, 7) is 6.05. The van der Waals surface area contributed by atoms with E-state index in [-0.39, 0.29) is 0 Å². The largest absolute Gasteiger partial charge is 0.384 e. The molecule has 1 aliphatic heterocycles. The van der Waals surface area contributed by atoms with E-state index in [4.69, 9.17) is 11.5 Å². The van der Waals surface area contributed by atoms with Crippen LogP contribution in [0.3, 0.4) is 0 Å². The second-order valence-electron chi connectivity index (χ2n) is 7.65. The Hall–Kier alpha value is -2.41. The number of nitrogen functional groups attached to an aromatic ring is 2. The van der Waals surface area contributed by atoms with Crippen molar-refractivity contribution in [3.05, 3.63) is 24.0 Å². The van der Waals surface area contributed by atoms with Crippen LogP contribution in [0.5, 0.6) is 0 Å². The normalized spacial score (nSPS) is 19.4. The van der Waals surface area contributed by atoms with Crippen molar-refractivity contribution in [2.45, 2.75) is 45.1 Å². The van der Waals surface area contributed by atoms with E-state index < -0.39 is 0 Å². The Kier molecular flexibility index (Phi) is 5.11. The van der Waals surface area contributed by atoms with Crippen molar-refractivity contribution in [2.24, 2.45) is 0 Å². The second-order valence-corrected chi connectivity index (χ2v) is 7.65. The summed E-state index contributed by atoms with van der Waals surface area (Å²) in [5.41, 5.74) is 14.6. The van der Waals surface area contributed by atoms with Gasteiger partial charge in [0.15, 0.2) is 0 Å². The van der Waals surface area contributed by atoms with E-state index >= 15 is 0 Å². The van der Waals surface area contributed by atoms with Gasteiger partial charge in [-0.3, -0.25) is 4.90 Å². The number of anilines is 3. The highest BCUT2D eigenvalue weighted by Crippen LogP contribution is 2.33. The van der Waals surface area contributed by atoms with Crippen molar-refractivity contribution in [3.63, 3.8) is 0 Å². The summed E-state index contributed by atoms with van der Waals surface area (Å²) < 4.78 is 0. The number of rotatable bonds is 3. The Morgan fingerprint density at radius 3 is 2.37 bits per heavy atom. The first-order valence-electron chi connectivity index (χ1n) is 9.97. The molecule has 4 rings (SSSR count). The number of aromatic nitrogens is 3. The molecular formula is C20H29N7. The topological polar surface area (TPSA) is 97.2 Å². The highest BCUT2D eigenvalue weighted by atomic mass is 15.3. The van der Waals surface area contributed by atoms with Gasteiger partial charge in [0.1, 0.15) is 11.6 Å². The summed E-state index contributed by atoms with van der Waals surface area (Å²) in [6.07, 6.45) is 8.64. The van der Waals surface area contributed by atoms with Crippen LogP contribution in [-0.2, 0) is 0 Å². The fraction of sp³-hybridized carbons (Fsp3) is 0.550. The lowest BCUT2D eigenvalue weighted by atomic mass is 9.94. The summed E-state index contributed by atoms with van der Waals surface area (Å²) in [4.78, 5) is 18.2. The lowest BCUT2D eigenvalue weighted by molar-refractivity contribution is 0.147. The molecule has 2 aromatic heterocycles. The van der Waals surface area contributed by atoms with Crippen LogP contribution in [0.4, 0.5) is 17.6 Å². The van der Waals surface area contributed by atoms with Gasteiger partial charge in [0.25, 0.3) is 0 Å². The van der Waals surface area contributed by atoms with E-state index in [1.807, 2.05) is 19.1 Å². The van der Waals surface area contributed by atoms with Gasteiger partial charge in [-0.25, -0.2) is 9.97 Å². The van der Waals surface area contributed by atoms with Gasteiger partial charge in [-0.15, -0.1) is 0 Å². The molecule has 7 heteroatoms. The minimum atomic E-state index is 0.323. The van der Waals surface area contributed by atoms with Crippen LogP contribution in [0.2, 0.25) is 0 Å². The molecule has 0 atom stereocenters. The van der Waals surface area contributed by atoms with Crippen LogP contribution >= 0.6 is 0 Å². The average molecular weight is 368 g/mol. The maximum absolute atomic E-state index is 5.99. The molecular weight excluding hydrogens is 338 g/mol. The van der Waals surface area contributed by atoms with Crippen LogP contribution in [0.1, 0.15) is 37.8 Å². The van der Waals surface area contributed by atoms with Gasteiger partial charge in [0.05, 0.1) is 5.69 Å². The molecule has 0 unspecified atom stereocenters. The number of nitrogens with two attached hydrogens (primary N) is 2. The van der Waals surface area contributed by atoms with Crippen LogP contribution in [0, 0.1) is 6.92 Å². The maximum atomic E-state index is 5.99. The third kappa shape index (κ3) is 3.83. The third-order valence-corrected chi connectivity index (χ3v) is 5.87. The second kappa shape index (κ2) is 7.68. The average Bonchev–Trinajstić information content (AvgIpc) is 2.69. The van der Waals surface area contributed by atoms with Crippen molar-refractivity contribution >= 4 is 17.6 Å². The first kappa shape index (κ1) is 18.0. The summed E-state index contributed by atoms with van der Waals surface area (Å²) in [7, 11) is 0. The molecule has 0 aromatic carbocycles. The van der Waals surface area contributed by atoms with Crippen LogP contribution in [0.25, 0.3) is 11.1 Å². The van der Waals surface area contributed by atoms with Crippen molar-refractivity contribution < 1.29 is 0 Å². The van der Waals surface area contributed by atoms with E-state index in [2.05, 4.69) is 24.8 Å². The molecule has 1 aliphatic carbocycles. The van der Waals surface area contributed by atoms with Gasteiger partial charge >= 0.3 is 0 Å². The number of nitrogens with zero attached hydrogens (tertiary/aromatic N) is 5. The van der Waals surface area contributed by atoms with Gasteiger partial charge in [-0.05, 0) is 31.9 Å². The molecule has 4 N–H and O–H groups in total. The van der Waals surface area contributed by atoms with Gasteiger partial charge in [0, 0.05) is 49.5 Å². The fourth-order valence-corrected chi connectivity index (χ4v) is 4.44. The number of hydrogen-bond acceptors (Lipinski definition) is 7. The minimum Gasteiger partial charge on any atom is -0.384 e. The molecule has 0 spiro atoms. The van der Waals surface area contributed by atoms with Gasteiger partial charge in [0.2, 0.25) is 5.95 Å². The first-order chi connectivity index (χ1) is 13.1. The molecule has 3 heterocycles. The maximum Gasteiger partial charge on any atom is 0.222 e. The molecule has 7 nitrogen and oxygen atoms in total. The van der Waals surface area contributed by atoms with E-state index in [9.17, 15) is 0 Å². The number of hydrogen-bond donors (Lipinski definition) is 2. The molecule has 1 saturated heterocycles. The molecule has 27 heavy (non-hydrogen) atoms. The number of aryl methyl sites for hydroxylation is 1. The fourth-order valence-electron chi connectivity index (χ4n) is 4.44. The van der Waals surface area contributed by atoms with E-state index in [0.717, 1.165) is 54.9 Å². The van der Waals surface area contributed by atoms with Crippen molar-refractivity contribution in [1.82, 2.24) is 19.9 Å². The molecule has 2 aliphatic rings. The molecule has 2 fully saturated rings. The van der Waals surface area contributed by atoms with E-state index in [1.54, 1.807) is 6.20 Å². The van der Waals surface area contributed by atoms with Crippen molar-refractivity contribution in [1.29, 1.82) is 0 Å². The summed E-state index contributed by atoms with van der Waals surface area (Å²) in [6, 6.07) is 4.56. The summed E-state index contributed by atoms with van der Waals surface area (Å²) >= 11 is 0. The lowest BCUT2D eigenvalue weighted by Crippen LogP contribution is -2.51. The van der Waals surface area contributed by atoms with E-state index in [1.165, 1.54) is 32.1 Å². The van der Waals surface area contributed by atoms with Gasteiger partial charge < -0.3 is 16.4 Å². The minimum absolute atomic E-state index is 0.323. The Balaban J connectivity index is 1.57. The summed E-state index contributed by atoms with van der Waals surface area (Å²) in [5, 5.41) is 0. The van der Waals surface area contributed by atoms with Crippen molar-refractivity contribution in [3.8, 4) is 11.1 Å². The quantitative estimate of drug-likeness (QED) is 0.860. The SMILES string of the molecule is Cc1nc(N)nc(N2CCN(C3CCCCC3)CC2)c1-c1ccc(N)nc1. The van der Waals surface area contributed by atoms with Crippen molar-refractivity contribution in [2.75, 3.05) is 42.5 Å². The molecule has 144 valence electrons. The molecule has 2 aromatic rings. The standard InChI is InChI=1S/C20H29N7/c1-14-18(15-7-8-17(21)23-13-15)19(25-20(22)24-14)27-11-9-26(10-12-27)16-5-3-2-4-6-16/h7-8,13,16H,2-6,9-12H2,1H3,(H2,21,23)(H2,22,24,25). The lowest BCUT2D eigenvalue weighted by Gasteiger charge is -2.41. The zero-order chi connectivity index (χ0) is 18.8. The Morgan fingerprint density at radius 1 is 0.963 bits per heavy atom. The predicted molar refractivity (Wildman–Crippen MR) is 109 cm³/mol. The van der Waals surface area contributed by atoms with Crippen LogP contribution in [-0.4, -0.2) is 52.1 Å². The monoisotopic (exact) mass is 367 g/mol. The third-order valence-electron chi connectivity index (χ3n) is 5.87. The molecule has 0 bridgehead atoms. The highest BCUT2D eigenvalue weighted by Gasteiger charge is 2.27. The zero-order valence-corrected chi connectivity index (χ0v) is 16.1. The van der Waals surface area contributed by atoms with Crippen LogP contribution in [0.15, 0.2) is 18.3 Å². The molecule has 0 amide bonds. The first-order valence-corrected chi connectivity index (χ1v) is 9.97. The Labute approximate surface area is 160 Å². The highest BCUT2D eigenvalue weighted by molar-refractivity contribution is 5.78. The number of pyridine rings is 1. The molecule has 0 radical (unpaired) electrons. The Morgan fingerprint density at radius 2 is 1.70 bits per heavy atom. The summed E-state index contributed by atoms with van der Waals surface area (Å²) in [5.74, 6) is 1.75. The van der Waals surface area contributed by atoms with Gasteiger partial charge in [-0.1, -0.05) is 19.3 Å². The smallest absolute Gasteiger partial charge is 0.222 e. The Bertz CT molecular complexity index is 776. The van der Waals surface area contributed by atoms with Gasteiger partial charge in [-0.2, -0.15) is 4.98 Å². The number of piperazine rings is 1. The molecule has 1 saturated carbocycles. The van der Waals surface area contributed by atoms with Crippen LogP contribution < -0.4 is 16.4 Å². The predicted octanol–water partition coefficient (Wildman–Crippen LogP) is 2.47.